The van der Waals surface area contributed by atoms with E-state index >= 15 is 0 Å². The van der Waals surface area contributed by atoms with Crippen molar-refractivity contribution >= 4 is 28.8 Å². The zero-order valence-corrected chi connectivity index (χ0v) is 13.7. The molecular weight excluding hydrogens is 347 g/mol. The third-order valence-corrected chi connectivity index (χ3v) is 3.77. The number of carbonyl (C=O) groups excluding carboxylic acids is 2. The molecule has 10 heteroatoms. The second-order valence-corrected chi connectivity index (χ2v) is 5.77. The molecule has 0 radical (unpaired) electrons. The fourth-order valence-electron chi connectivity index (χ4n) is 1.92. The Bertz CT molecular complexity index is 863. The Morgan fingerprint density at radius 3 is 2.68 bits per heavy atom. The molecule has 0 atom stereocenters. The Morgan fingerprint density at radius 2 is 1.96 bits per heavy atom. The van der Waals surface area contributed by atoms with Crippen LogP contribution in [0.15, 0.2) is 41.1 Å². The first-order chi connectivity index (χ1) is 12.1. The van der Waals surface area contributed by atoms with Gasteiger partial charge in [-0.1, -0.05) is 0 Å². The van der Waals surface area contributed by atoms with E-state index in [1.54, 1.807) is 0 Å². The summed E-state index contributed by atoms with van der Waals surface area (Å²) in [5.74, 6) is -0.814. The van der Waals surface area contributed by atoms with Crippen molar-refractivity contribution in [1.29, 1.82) is 0 Å². The normalized spacial score (nSPS) is 10.4. The molecule has 0 fully saturated rings. The van der Waals surface area contributed by atoms with Gasteiger partial charge in [0.1, 0.15) is 12.4 Å². The maximum Gasteiger partial charge on any atom is 0.244 e. The van der Waals surface area contributed by atoms with Crippen molar-refractivity contribution in [1.82, 2.24) is 25.5 Å². The molecule has 2 amide bonds. The smallest absolute Gasteiger partial charge is 0.244 e. The predicted octanol–water partition coefficient (Wildman–Crippen LogP) is 1.30. The molecule has 25 heavy (non-hydrogen) atoms. The van der Waals surface area contributed by atoms with Crippen molar-refractivity contribution in [2.45, 2.75) is 6.54 Å². The SMILES string of the molecule is O=C(Cn1nnc(-c2ccsc2)n1)NCC(=O)Nc1ccc(F)cc1. The summed E-state index contributed by atoms with van der Waals surface area (Å²) < 4.78 is 12.8. The lowest BCUT2D eigenvalue weighted by molar-refractivity contribution is -0.124. The van der Waals surface area contributed by atoms with Gasteiger partial charge >= 0.3 is 0 Å². The highest BCUT2D eigenvalue weighted by Gasteiger charge is 2.11. The van der Waals surface area contributed by atoms with Gasteiger partial charge in [0, 0.05) is 16.6 Å². The number of tetrazole rings is 1. The van der Waals surface area contributed by atoms with Gasteiger partial charge in [-0.05, 0) is 40.9 Å². The van der Waals surface area contributed by atoms with Crippen LogP contribution in [0.5, 0.6) is 0 Å². The molecular formula is C15H13FN6O2S. The van der Waals surface area contributed by atoms with E-state index in [1.807, 2.05) is 16.8 Å². The summed E-state index contributed by atoms with van der Waals surface area (Å²) in [6, 6.07) is 7.18. The average molecular weight is 360 g/mol. The van der Waals surface area contributed by atoms with Gasteiger partial charge in [0.05, 0.1) is 6.54 Å². The van der Waals surface area contributed by atoms with Gasteiger partial charge < -0.3 is 10.6 Å². The lowest BCUT2D eigenvalue weighted by Gasteiger charge is -2.06. The topological polar surface area (TPSA) is 102 Å². The van der Waals surface area contributed by atoms with Crippen LogP contribution in [0.2, 0.25) is 0 Å². The highest BCUT2D eigenvalue weighted by atomic mass is 32.1. The first kappa shape index (κ1) is 16.7. The third-order valence-electron chi connectivity index (χ3n) is 3.09. The third kappa shape index (κ3) is 4.67. The molecule has 0 saturated heterocycles. The van der Waals surface area contributed by atoms with Gasteiger partial charge in [-0.3, -0.25) is 9.59 Å². The first-order valence-electron chi connectivity index (χ1n) is 7.22. The van der Waals surface area contributed by atoms with Crippen LogP contribution in [0, 0.1) is 5.82 Å². The van der Waals surface area contributed by atoms with Gasteiger partial charge in [-0.15, -0.1) is 10.2 Å². The highest BCUT2D eigenvalue weighted by Crippen LogP contribution is 2.16. The molecule has 0 saturated carbocycles. The summed E-state index contributed by atoms with van der Waals surface area (Å²) in [5.41, 5.74) is 1.27. The molecule has 128 valence electrons. The number of anilines is 1. The Labute approximate surface area is 145 Å². The minimum Gasteiger partial charge on any atom is -0.345 e. The molecule has 0 aliphatic heterocycles. The first-order valence-corrected chi connectivity index (χ1v) is 8.17. The van der Waals surface area contributed by atoms with Crippen molar-refractivity contribution in [3.63, 3.8) is 0 Å². The number of nitrogens with zero attached hydrogens (tertiary/aromatic N) is 4. The second-order valence-electron chi connectivity index (χ2n) is 4.99. The van der Waals surface area contributed by atoms with Crippen LogP contribution in [0.25, 0.3) is 11.4 Å². The maximum absolute atomic E-state index is 12.8. The number of thiophene rings is 1. The van der Waals surface area contributed by atoms with Crippen LogP contribution in [-0.4, -0.2) is 38.6 Å². The van der Waals surface area contributed by atoms with Crippen molar-refractivity contribution in [2.24, 2.45) is 0 Å². The van der Waals surface area contributed by atoms with E-state index in [0.29, 0.717) is 11.5 Å². The summed E-state index contributed by atoms with van der Waals surface area (Å²) in [4.78, 5) is 24.7. The molecule has 1 aromatic carbocycles. The largest absolute Gasteiger partial charge is 0.345 e. The minimum atomic E-state index is -0.427. The number of hydrogen-bond donors (Lipinski definition) is 2. The second kappa shape index (κ2) is 7.62. The van der Waals surface area contributed by atoms with Crippen LogP contribution in [-0.2, 0) is 16.1 Å². The molecule has 3 aromatic rings. The average Bonchev–Trinajstić information content (AvgIpc) is 3.26. The van der Waals surface area contributed by atoms with Crippen LogP contribution in [0.1, 0.15) is 0 Å². The number of halogens is 1. The standard InChI is InChI=1S/C15H13FN6O2S/c16-11-1-3-12(4-2-11)18-13(23)7-17-14(24)8-22-20-15(19-21-22)10-5-6-25-9-10/h1-6,9H,7-8H2,(H,17,24)(H,18,23). The van der Waals surface area contributed by atoms with Gasteiger partial charge in [0.25, 0.3) is 0 Å². The number of nitrogens with one attached hydrogen (secondary N) is 2. The van der Waals surface area contributed by atoms with Gasteiger partial charge in [0.15, 0.2) is 0 Å². The summed E-state index contributed by atoms with van der Waals surface area (Å²) in [6.07, 6.45) is 0. The van der Waals surface area contributed by atoms with Crippen molar-refractivity contribution in [3.05, 3.63) is 46.9 Å². The minimum absolute atomic E-state index is 0.152. The molecule has 0 aliphatic carbocycles. The van der Waals surface area contributed by atoms with Crippen molar-refractivity contribution < 1.29 is 14.0 Å². The lowest BCUT2D eigenvalue weighted by Crippen LogP contribution is -2.35. The van der Waals surface area contributed by atoms with Crippen LogP contribution >= 0.6 is 11.3 Å². The summed E-state index contributed by atoms with van der Waals surface area (Å²) in [7, 11) is 0. The number of aromatic nitrogens is 4. The number of rotatable bonds is 6. The highest BCUT2D eigenvalue weighted by molar-refractivity contribution is 7.08. The van der Waals surface area contributed by atoms with E-state index in [1.165, 1.54) is 35.6 Å². The number of benzene rings is 1. The number of amides is 2. The molecule has 0 aliphatic rings. The molecule has 2 N–H and O–H groups in total. The van der Waals surface area contributed by atoms with Crippen LogP contribution < -0.4 is 10.6 Å². The van der Waals surface area contributed by atoms with Gasteiger partial charge in [0.2, 0.25) is 17.6 Å². The molecule has 3 rings (SSSR count). The van der Waals surface area contributed by atoms with Gasteiger partial charge in [-0.2, -0.15) is 16.1 Å². The quantitative estimate of drug-likeness (QED) is 0.690. The Hall–Kier alpha value is -3.14. The summed E-state index contributed by atoms with van der Waals surface area (Å²) >= 11 is 1.51. The summed E-state index contributed by atoms with van der Waals surface area (Å²) in [6.45, 7) is -0.372. The van der Waals surface area contributed by atoms with E-state index in [-0.39, 0.29) is 13.1 Å². The molecule has 0 bridgehead atoms. The number of hydrogen-bond acceptors (Lipinski definition) is 6. The number of carbonyl (C=O) groups is 2. The zero-order valence-electron chi connectivity index (χ0n) is 12.8. The molecule has 2 heterocycles. The van der Waals surface area contributed by atoms with E-state index in [4.69, 9.17) is 0 Å². The Kier molecular flexibility index (Phi) is 5.09. The van der Waals surface area contributed by atoms with E-state index in [2.05, 4.69) is 26.0 Å². The van der Waals surface area contributed by atoms with Crippen molar-refractivity contribution in [2.75, 3.05) is 11.9 Å². The Morgan fingerprint density at radius 1 is 1.16 bits per heavy atom. The fraction of sp³-hybridized carbons (Fsp3) is 0.133. The van der Waals surface area contributed by atoms with Crippen molar-refractivity contribution in [3.8, 4) is 11.4 Å². The molecule has 0 spiro atoms. The Balaban J connectivity index is 1.46. The fourth-order valence-corrected chi connectivity index (χ4v) is 2.55. The van der Waals surface area contributed by atoms with E-state index < -0.39 is 17.6 Å². The molecule has 8 nitrogen and oxygen atoms in total. The molecule has 0 unspecified atom stereocenters. The lowest BCUT2D eigenvalue weighted by atomic mass is 10.3. The zero-order chi connectivity index (χ0) is 17.6. The van der Waals surface area contributed by atoms with Gasteiger partial charge in [-0.25, -0.2) is 4.39 Å². The van der Waals surface area contributed by atoms with Crippen LogP contribution in [0.3, 0.4) is 0 Å². The monoisotopic (exact) mass is 360 g/mol. The summed E-state index contributed by atoms with van der Waals surface area (Å²) in [5, 5.41) is 20.5. The van der Waals surface area contributed by atoms with E-state index in [9.17, 15) is 14.0 Å². The maximum atomic E-state index is 12.8. The molecule has 2 aromatic heterocycles. The predicted molar refractivity (Wildman–Crippen MR) is 89.2 cm³/mol. The van der Waals surface area contributed by atoms with Crippen LogP contribution in [0.4, 0.5) is 10.1 Å². The van der Waals surface area contributed by atoms with E-state index in [0.717, 1.165) is 10.4 Å².